The third-order valence-corrected chi connectivity index (χ3v) is 3.71. The van der Waals surface area contributed by atoms with Crippen LogP contribution < -0.4 is 5.73 Å². The summed E-state index contributed by atoms with van der Waals surface area (Å²) in [4.78, 5) is 0. The maximum atomic E-state index is 5.91. The van der Waals surface area contributed by atoms with Crippen molar-refractivity contribution in [2.75, 3.05) is 6.54 Å². The summed E-state index contributed by atoms with van der Waals surface area (Å²) >= 11 is 0. The van der Waals surface area contributed by atoms with Crippen LogP contribution in [0.3, 0.4) is 0 Å². The molecule has 0 fully saturated rings. The van der Waals surface area contributed by atoms with Crippen LogP contribution in [0.15, 0.2) is 60.2 Å². The first-order chi connectivity index (χ1) is 9.31. The van der Waals surface area contributed by atoms with Gasteiger partial charge in [0.15, 0.2) is 0 Å². The highest BCUT2D eigenvalue weighted by Crippen LogP contribution is 2.41. The van der Waals surface area contributed by atoms with Gasteiger partial charge in [-0.05, 0) is 46.4 Å². The Labute approximate surface area is 114 Å². The van der Waals surface area contributed by atoms with E-state index in [0.717, 1.165) is 0 Å². The van der Waals surface area contributed by atoms with Crippen LogP contribution in [-0.4, -0.2) is 6.54 Å². The molecule has 2 aromatic rings. The molecule has 0 heterocycles. The van der Waals surface area contributed by atoms with E-state index in [1.165, 1.54) is 33.4 Å². The van der Waals surface area contributed by atoms with Crippen LogP contribution in [0.2, 0.25) is 0 Å². The zero-order valence-electron chi connectivity index (χ0n) is 11.1. The first kappa shape index (κ1) is 11.9. The molecule has 0 aromatic heterocycles. The summed E-state index contributed by atoms with van der Waals surface area (Å²) in [6.45, 7) is 2.76. The summed E-state index contributed by atoms with van der Waals surface area (Å²) in [5.74, 6) is 0. The predicted molar refractivity (Wildman–Crippen MR) is 82.4 cm³/mol. The molecule has 0 aliphatic heterocycles. The van der Waals surface area contributed by atoms with Gasteiger partial charge in [0.25, 0.3) is 0 Å². The second-order valence-corrected chi connectivity index (χ2v) is 4.82. The van der Waals surface area contributed by atoms with Gasteiger partial charge >= 0.3 is 0 Å². The average molecular weight is 247 g/mol. The van der Waals surface area contributed by atoms with E-state index in [2.05, 4.69) is 61.5 Å². The maximum Gasteiger partial charge on any atom is 0.0187 e. The largest absolute Gasteiger partial charge is 0.326 e. The van der Waals surface area contributed by atoms with Crippen molar-refractivity contribution in [3.8, 4) is 0 Å². The molecule has 2 N–H and O–H groups in total. The molecule has 1 nitrogen and oxygen atoms in total. The third kappa shape index (κ3) is 2.02. The van der Waals surface area contributed by atoms with Crippen LogP contribution in [0.1, 0.15) is 23.6 Å². The highest BCUT2D eigenvalue weighted by molar-refractivity contribution is 6.05. The van der Waals surface area contributed by atoms with Crippen molar-refractivity contribution in [3.63, 3.8) is 0 Å². The average Bonchev–Trinajstić information content (AvgIpc) is 2.73. The van der Waals surface area contributed by atoms with Crippen molar-refractivity contribution >= 4 is 17.2 Å². The van der Waals surface area contributed by atoms with Gasteiger partial charge in [-0.1, -0.05) is 54.6 Å². The van der Waals surface area contributed by atoms with Crippen molar-refractivity contribution in [2.24, 2.45) is 5.73 Å². The highest BCUT2D eigenvalue weighted by atomic mass is 14.5. The molecule has 0 saturated carbocycles. The molecule has 3 rings (SSSR count). The third-order valence-electron chi connectivity index (χ3n) is 3.71. The Morgan fingerprint density at radius 1 is 0.895 bits per heavy atom. The summed E-state index contributed by atoms with van der Waals surface area (Å²) in [6, 6.07) is 18.9. The van der Waals surface area contributed by atoms with Crippen molar-refractivity contribution in [1.29, 1.82) is 0 Å². The molecule has 94 valence electrons. The van der Waals surface area contributed by atoms with Gasteiger partial charge in [0, 0.05) is 6.54 Å². The number of rotatable bonds is 2. The quantitative estimate of drug-likeness (QED) is 0.853. The van der Waals surface area contributed by atoms with Crippen LogP contribution in [-0.2, 0) is 0 Å². The van der Waals surface area contributed by atoms with Gasteiger partial charge in [-0.2, -0.15) is 0 Å². The molecule has 0 bridgehead atoms. The number of hydrogen-bond donors (Lipinski definition) is 1. The van der Waals surface area contributed by atoms with Crippen LogP contribution in [0.25, 0.3) is 17.2 Å². The monoisotopic (exact) mass is 247 g/mol. The van der Waals surface area contributed by atoms with Gasteiger partial charge < -0.3 is 5.73 Å². The fraction of sp³-hybridized carbons (Fsp3) is 0.111. The van der Waals surface area contributed by atoms with Gasteiger partial charge in [-0.15, -0.1) is 0 Å². The highest BCUT2D eigenvalue weighted by Gasteiger charge is 2.21. The molecule has 0 atom stereocenters. The van der Waals surface area contributed by atoms with E-state index in [9.17, 15) is 0 Å². The molecular formula is C18H17N. The minimum atomic E-state index is 0.592. The Morgan fingerprint density at radius 3 is 2.21 bits per heavy atom. The Balaban J connectivity index is 2.17. The van der Waals surface area contributed by atoms with Crippen LogP contribution >= 0.6 is 0 Å². The molecule has 0 radical (unpaired) electrons. The number of benzene rings is 2. The van der Waals surface area contributed by atoms with Gasteiger partial charge in [0.05, 0.1) is 0 Å². The van der Waals surface area contributed by atoms with E-state index >= 15 is 0 Å². The minimum Gasteiger partial charge on any atom is -0.326 e. The number of nitrogens with two attached hydrogens (primary N) is 1. The van der Waals surface area contributed by atoms with E-state index in [0.29, 0.717) is 6.54 Å². The van der Waals surface area contributed by atoms with Crippen molar-refractivity contribution in [2.45, 2.75) is 6.92 Å². The molecule has 1 aliphatic rings. The van der Waals surface area contributed by atoms with Crippen molar-refractivity contribution < 1.29 is 0 Å². The Hall–Kier alpha value is -2.12. The Bertz CT molecular complexity index is 663. The van der Waals surface area contributed by atoms with Gasteiger partial charge in [-0.25, -0.2) is 0 Å². The summed E-state index contributed by atoms with van der Waals surface area (Å²) in [7, 11) is 0. The lowest BCUT2D eigenvalue weighted by Crippen LogP contribution is -2.01. The van der Waals surface area contributed by atoms with Crippen molar-refractivity contribution in [3.05, 3.63) is 76.9 Å². The number of allylic oxidation sites excluding steroid dienone is 2. The van der Waals surface area contributed by atoms with Gasteiger partial charge in [0.2, 0.25) is 0 Å². The topological polar surface area (TPSA) is 26.0 Å². The Morgan fingerprint density at radius 2 is 1.53 bits per heavy atom. The smallest absolute Gasteiger partial charge is 0.0187 e. The standard InChI is InChI=1S/C18H17N/c1-13-17(11-14-7-3-2-4-8-14)15-9-5-6-10-16(15)18(13)12-19/h2-11H,12,19H2,1H3. The molecule has 2 aromatic carbocycles. The van der Waals surface area contributed by atoms with E-state index in [-0.39, 0.29) is 0 Å². The first-order valence-electron chi connectivity index (χ1n) is 6.58. The molecule has 0 saturated heterocycles. The molecule has 0 spiro atoms. The van der Waals surface area contributed by atoms with E-state index in [1.807, 2.05) is 6.07 Å². The summed E-state index contributed by atoms with van der Waals surface area (Å²) in [5, 5.41) is 0. The zero-order valence-corrected chi connectivity index (χ0v) is 11.1. The van der Waals surface area contributed by atoms with Gasteiger partial charge in [0.1, 0.15) is 0 Å². The van der Waals surface area contributed by atoms with Crippen molar-refractivity contribution in [1.82, 2.24) is 0 Å². The van der Waals surface area contributed by atoms with Gasteiger partial charge in [-0.3, -0.25) is 0 Å². The summed E-state index contributed by atoms with van der Waals surface area (Å²) in [5.41, 5.74) is 13.6. The lowest BCUT2D eigenvalue weighted by Gasteiger charge is -2.03. The molecule has 0 amide bonds. The van der Waals surface area contributed by atoms with E-state index < -0.39 is 0 Å². The first-order valence-corrected chi connectivity index (χ1v) is 6.58. The molecule has 1 heteroatoms. The van der Waals surface area contributed by atoms with Crippen LogP contribution in [0.5, 0.6) is 0 Å². The Kier molecular flexibility index (Phi) is 3.06. The number of fused-ring (bicyclic) bond motifs is 1. The van der Waals surface area contributed by atoms with E-state index in [1.54, 1.807) is 0 Å². The lowest BCUT2D eigenvalue weighted by atomic mass is 10.0. The molecule has 1 aliphatic carbocycles. The summed E-state index contributed by atoms with van der Waals surface area (Å²) in [6.07, 6.45) is 2.25. The summed E-state index contributed by atoms with van der Waals surface area (Å²) < 4.78 is 0. The fourth-order valence-corrected chi connectivity index (χ4v) is 2.71. The fourth-order valence-electron chi connectivity index (χ4n) is 2.71. The molecule has 0 unspecified atom stereocenters. The minimum absolute atomic E-state index is 0.592. The van der Waals surface area contributed by atoms with Crippen LogP contribution in [0, 0.1) is 0 Å². The number of hydrogen-bond acceptors (Lipinski definition) is 1. The lowest BCUT2D eigenvalue weighted by molar-refractivity contribution is 1.26. The maximum absolute atomic E-state index is 5.91. The molecular weight excluding hydrogens is 230 g/mol. The van der Waals surface area contributed by atoms with E-state index in [4.69, 9.17) is 5.73 Å². The zero-order chi connectivity index (χ0) is 13.2. The van der Waals surface area contributed by atoms with Crippen LogP contribution in [0.4, 0.5) is 0 Å². The second kappa shape index (κ2) is 4.87. The second-order valence-electron chi connectivity index (χ2n) is 4.82. The SMILES string of the molecule is CC1=C(CN)c2ccccc2C1=Cc1ccccc1. The predicted octanol–water partition coefficient (Wildman–Crippen LogP) is 3.97. The molecule has 19 heavy (non-hydrogen) atoms. The normalized spacial score (nSPS) is 16.0.